The molecule has 0 bridgehead atoms. The predicted octanol–water partition coefficient (Wildman–Crippen LogP) is 6.76. The Morgan fingerprint density at radius 2 is 0.646 bits per heavy atom. The minimum atomic E-state index is -0.921. The highest BCUT2D eigenvalue weighted by Crippen LogP contribution is 2.34. The Labute approximate surface area is 292 Å². The highest BCUT2D eigenvalue weighted by molar-refractivity contribution is 5.94. The molecule has 0 aromatic carbocycles. The molecule has 0 radical (unpaired) electrons. The molecule has 0 aliphatic heterocycles. The molecule has 4 N–H and O–H groups in total. The van der Waals surface area contributed by atoms with Crippen molar-refractivity contribution in [1.82, 2.24) is 21.3 Å². The van der Waals surface area contributed by atoms with Crippen LogP contribution < -0.4 is 21.3 Å². The fourth-order valence-corrected chi connectivity index (χ4v) is 9.14. The molecule has 4 amide bonds. The first-order valence-corrected chi connectivity index (χ1v) is 19.9. The van der Waals surface area contributed by atoms with Gasteiger partial charge < -0.3 is 21.3 Å². The van der Waals surface area contributed by atoms with Crippen molar-refractivity contribution in [2.45, 2.75) is 169 Å². The average molecular weight is 671 g/mol. The van der Waals surface area contributed by atoms with E-state index in [4.69, 9.17) is 0 Å². The number of amides is 4. The van der Waals surface area contributed by atoms with Crippen LogP contribution >= 0.6 is 0 Å². The molecule has 0 aromatic heterocycles. The molecule has 48 heavy (non-hydrogen) atoms. The number of hydrogen-bond donors (Lipinski definition) is 4. The predicted molar refractivity (Wildman–Crippen MR) is 193 cm³/mol. The van der Waals surface area contributed by atoms with Crippen molar-refractivity contribution >= 4 is 23.6 Å². The summed E-state index contributed by atoms with van der Waals surface area (Å²) in [6.07, 6.45) is 11.3. The lowest BCUT2D eigenvalue weighted by Crippen LogP contribution is -2.52. The lowest BCUT2D eigenvalue weighted by molar-refractivity contribution is -0.141. The van der Waals surface area contributed by atoms with Crippen LogP contribution in [0.2, 0.25) is 0 Å². The molecule has 8 heteroatoms. The molecular weight excluding hydrogens is 600 g/mol. The first-order valence-electron chi connectivity index (χ1n) is 19.9. The normalized spacial score (nSPS) is 38.6. The molecule has 4 rings (SSSR count). The second-order valence-corrected chi connectivity index (χ2v) is 17.6. The first kappa shape index (κ1) is 38.7. The molecule has 0 aromatic rings. The first-order chi connectivity index (χ1) is 22.7. The van der Waals surface area contributed by atoms with E-state index in [2.05, 4.69) is 76.7 Å². The van der Waals surface area contributed by atoms with Crippen molar-refractivity contribution in [3.8, 4) is 0 Å². The summed E-state index contributed by atoms with van der Waals surface area (Å²) in [5.41, 5.74) is 0. The van der Waals surface area contributed by atoms with Gasteiger partial charge in [-0.05, 0) is 124 Å². The van der Waals surface area contributed by atoms with Gasteiger partial charge in [0.05, 0.1) is 11.8 Å². The van der Waals surface area contributed by atoms with Crippen LogP contribution in [0.15, 0.2) is 0 Å². The minimum absolute atomic E-state index is 0.0129. The van der Waals surface area contributed by atoms with Crippen molar-refractivity contribution in [2.75, 3.05) is 0 Å². The average Bonchev–Trinajstić information content (AvgIpc) is 3.02. The molecule has 0 spiro atoms. The van der Waals surface area contributed by atoms with Gasteiger partial charge in [-0.1, -0.05) is 55.4 Å². The zero-order valence-electron chi connectivity index (χ0n) is 31.6. The van der Waals surface area contributed by atoms with Gasteiger partial charge in [0.1, 0.15) is 0 Å². The van der Waals surface area contributed by atoms with Gasteiger partial charge in [-0.2, -0.15) is 0 Å². The van der Waals surface area contributed by atoms with E-state index in [-0.39, 0.29) is 60.6 Å². The van der Waals surface area contributed by atoms with Gasteiger partial charge in [0, 0.05) is 37.0 Å². The fourth-order valence-electron chi connectivity index (χ4n) is 9.14. The topological polar surface area (TPSA) is 116 Å². The van der Waals surface area contributed by atoms with E-state index in [1.807, 2.05) is 0 Å². The van der Waals surface area contributed by atoms with Crippen molar-refractivity contribution in [2.24, 2.45) is 59.2 Å². The second kappa shape index (κ2) is 17.7. The Bertz CT molecular complexity index is 1010. The van der Waals surface area contributed by atoms with Crippen LogP contribution in [0.5, 0.6) is 0 Å². The third kappa shape index (κ3) is 10.9. The number of hydrogen-bond acceptors (Lipinski definition) is 4. The summed E-state index contributed by atoms with van der Waals surface area (Å²) in [6.45, 7) is 18.0. The largest absolute Gasteiger partial charge is 0.353 e. The van der Waals surface area contributed by atoms with Crippen molar-refractivity contribution in [3.63, 3.8) is 0 Å². The molecule has 4 fully saturated rings. The summed E-state index contributed by atoms with van der Waals surface area (Å²) < 4.78 is 0. The van der Waals surface area contributed by atoms with E-state index in [0.717, 1.165) is 77.0 Å². The Kier molecular flexibility index (Phi) is 14.3. The second-order valence-electron chi connectivity index (χ2n) is 17.6. The smallest absolute Gasteiger partial charge is 0.224 e. The molecule has 4 saturated carbocycles. The Balaban J connectivity index is 1.55. The zero-order chi connectivity index (χ0) is 35.1. The van der Waals surface area contributed by atoms with Gasteiger partial charge in [0.25, 0.3) is 0 Å². The Hall–Kier alpha value is -2.12. The van der Waals surface area contributed by atoms with E-state index in [1.165, 1.54) is 0 Å². The summed E-state index contributed by atoms with van der Waals surface area (Å²) in [6, 6.07) is 0.174. The van der Waals surface area contributed by atoms with Crippen LogP contribution in [-0.4, -0.2) is 47.8 Å². The van der Waals surface area contributed by atoms with Gasteiger partial charge in [-0.15, -0.1) is 0 Å². The maximum atomic E-state index is 14.3. The van der Waals surface area contributed by atoms with Crippen LogP contribution in [-0.2, 0) is 19.2 Å². The summed E-state index contributed by atoms with van der Waals surface area (Å²) in [7, 11) is 0. The lowest BCUT2D eigenvalue weighted by Gasteiger charge is -2.36. The number of rotatable bonds is 11. The highest BCUT2D eigenvalue weighted by Gasteiger charge is 2.40. The van der Waals surface area contributed by atoms with Crippen LogP contribution in [0.1, 0.15) is 145 Å². The van der Waals surface area contributed by atoms with E-state index in [1.54, 1.807) is 0 Å². The van der Waals surface area contributed by atoms with Crippen LogP contribution in [0.25, 0.3) is 0 Å². The van der Waals surface area contributed by atoms with Gasteiger partial charge in [0.15, 0.2) is 0 Å². The maximum absolute atomic E-state index is 14.3. The van der Waals surface area contributed by atoms with E-state index in [9.17, 15) is 19.2 Å². The summed E-state index contributed by atoms with van der Waals surface area (Å²) in [5.74, 6) is 1.73. The number of carbonyl (C=O) groups is 4. The molecule has 0 heterocycles. The fraction of sp³-hybridized carbons (Fsp3) is 0.900. The highest BCUT2D eigenvalue weighted by atomic mass is 16.2. The van der Waals surface area contributed by atoms with Crippen molar-refractivity contribution in [3.05, 3.63) is 0 Å². The molecule has 8 nitrogen and oxygen atoms in total. The summed E-state index contributed by atoms with van der Waals surface area (Å²) >= 11 is 0. The van der Waals surface area contributed by atoms with Crippen LogP contribution in [0.3, 0.4) is 0 Å². The summed E-state index contributed by atoms with van der Waals surface area (Å²) in [4.78, 5) is 56.1. The quantitative estimate of drug-likeness (QED) is 0.194. The standard InChI is InChI=1S/C40H70N4O4/c1-23-9-13-31(17-27(23)5)41-37(45)21-35(39(47)43-33-15-11-25(3)29(7)19-33)36(40(48)44-34-16-12-26(4)30(8)20-34)22-38(46)42-32-14-10-24(2)28(6)18-32/h23-36H,9-22H2,1-8H3,(H,41,45)(H,42,46)(H,43,47)(H,44,48). The Morgan fingerprint density at radius 1 is 0.396 bits per heavy atom. The monoisotopic (exact) mass is 671 g/mol. The Morgan fingerprint density at radius 3 is 0.896 bits per heavy atom. The van der Waals surface area contributed by atoms with Crippen molar-refractivity contribution < 1.29 is 19.2 Å². The number of nitrogens with one attached hydrogen (secondary N) is 4. The lowest BCUT2D eigenvalue weighted by atomic mass is 9.77. The third-order valence-corrected chi connectivity index (χ3v) is 13.8. The summed E-state index contributed by atoms with van der Waals surface area (Å²) in [5, 5.41) is 13.0. The minimum Gasteiger partial charge on any atom is -0.353 e. The molecule has 4 aliphatic carbocycles. The molecule has 274 valence electrons. The molecular formula is C40H70N4O4. The van der Waals surface area contributed by atoms with Gasteiger partial charge >= 0.3 is 0 Å². The molecule has 0 saturated heterocycles. The third-order valence-electron chi connectivity index (χ3n) is 13.8. The van der Waals surface area contributed by atoms with E-state index in [0.29, 0.717) is 47.3 Å². The van der Waals surface area contributed by atoms with Gasteiger partial charge in [0.2, 0.25) is 23.6 Å². The molecule has 14 unspecified atom stereocenters. The van der Waals surface area contributed by atoms with Crippen LogP contribution in [0.4, 0.5) is 0 Å². The SMILES string of the molecule is CC1CCC(NC(=O)CC(C(=O)NC2CCC(C)C(C)C2)C(CC(=O)NC2CCC(C)C(C)C2)C(=O)NC2CCC(C)C(C)C2)CC1C. The zero-order valence-corrected chi connectivity index (χ0v) is 31.6. The molecule has 14 atom stereocenters. The number of carbonyl (C=O) groups excluding carboxylic acids is 4. The molecule has 4 aliphatic rings. The van der Waals surface area contributed by atoms with Crippen molar-refractivity contribution in [1.29, 1.82) is 0 Å². The van der Waals surface area contributed by atoms with E-state index >= 15 is 0 Å². The van der Waals surface area contributed by atoms with E-state index < -0.39 is 11.8 Å². The van der Waals surface area contributed by atoms with Crippen LogP contribution in [0, 0.1) is 59.2 Å². The van der Waals surface area contributed by atoms with Gasteiger partial charge in [-0.3, -0.25) is 19.2 Å². The van der Waals surface area contributed by atoms with Gasteiger partial charge in [-0.25, -0.2) is 0 Å². The maximum Gasteiger partial charge on any atom is 0.224 e.